The van der Waals surface area contributed by atoms with E-state index in [0.29, 0.717) is 22.5 Å². The van der Waals surface area contributed by atoms with E-state index in [4.69, 9.17) is 9.47 Å². The van der Waals surface area contributed by atoms with Crippen LogP contribution < -0.4 is 4.90 Å². The zero-order valence-electron chi connectivity index (χ0n) is 17.6. The number of nitrogens with zero attached hydrogens (tertiary/aromatic N) is 1. The molecular weight excluding hydrogens is 382 g/mol. The molecule has 1 aliphatic heterocycles. The third-order valence-electron chi connectivity index (χ3n) is 4.90. The molecule has 2 aromatic rings. The van der Waals surface area contributed by atoms with E-state index in [1.165, 1.54) is 19.1 Å². The number of carbonyl (C=O) groups excluding carboxylic acids is 3. The van der Waals surface area contributed by atoms with Crippen LogP contribution in [0.5, 0.6) is 0 Å². The minimum absolute atomic E-state index is 0.221. The van der Waals surface area contributed by atoms with Crippen LogP contribution in [0.3, 0.4) is 0 Å². The second kappa shape index (κ2) is 8.37. The van der Waals surface area contributed by atoms with E-state index < -0.39 is 11.9 Å². The van der Waals surface area contributed by atoms with Crippen molar-refractivity contribution in [1.82, 2.24) is 0 Å². The van der Waals surface area contributed by atoms with Crippen LogP contribution >= 0.6 is 0 Å². The van der Waals surface area contributed by atoms with Crippen molar-refractivity contribution < 1.29 is 23.9 Å². The first-order valence-electron chi connectivity index (χ1n) is 9.39. The average molecular weight is 405 g/mol. The average Bonchev–Trinajstić information content (AvgIpc) is 2.96. The predicted molar refractivity (Wildman–Crippen MR) is 114 cm³/mol. The Kier molecular flexibility index (Phi) is 5.87. The van der Waals surface area contributed by atoms with Gasteiger partial charge in [-0.1, -0.05) is 18.2 Å². The zero-order valence-corrected chi connectivity index (χ0v) is 17.6. The second-order valence-corrected chi connectivity index (χ2v) is 7.11. The summed E-state index contributed by atoms with van der Waals surface area (Å²) < 4.78 is 9.64. The van der Waals surface area contributed by atoms with E-state index in [-0.39, 0.29) is 17.1 Å². The Bertz CT molecular complexity index is 1070. The summed E-state index contributed by atoms with van der Waals surface area (Å²) in [4.78, 5) is 39.0. The molecule has 30 heavy (non-hydrogen) atoms. The van der Waals surface area contributed by atoms with Crippen molar-refractivity contribution in [3.63, 3.8) is 0 Å². The molecular formula is C24H23NO5. The van der Waals surface area contributed by atoms with Crippen molar-refractivity contribution in [1.29, 1.82) is 0 Å². The predicted octanol–water partition coefficient (Wildman–Crippen LogP) is 3.97. The maximum atomic E-state index is 13.3. The van der Waals surface area contributed by atoms with E-state index in [1.807, 2.05) is 32.0 Å². The summed E-state index contributed by atoms with van der Waals surface area (Å²) in [6, 6.07) is 12.4. The molecule has 0 spiro atoms. The Labute approximate surface area is 175 Å². The molecule has 0 N–H and O–H groups in total. The first kappa shape index (κ1) is 21.0. The van der Waals surface area contributed by atoms with Gasteiger partial charge in [-0.05, 0) is 67.8 Å². The van der Waals surface area contributed by atoms with Gasteiger partial charge in [0.1, 0.15) is 0 Å². The largest absolute Gasteiger partial charge is 0.465 e. The SMILES string of the molecule is COC(=O)C1=C(C)N(c2cc(C)cc(C)c2)C(=O)/C1=C\c1ccc(C(=O)OC)cc1. The van der Waals surface area contributed by atoms with Gasteiger partial charge in [-0.25, -0.2) is 9.59 Å². The Balaban J connectivity index is 2.09. The summed E-state index contributed by atoms with van der Waals surface area (Å²) in [5, 5.41) is 0. The highest BCUT2D eigenvalue weighted by Crippen LogP contribution is 2.36. The van der Waals surface area contributed by atoms with Crippen molar-refractivity contribution in [2.75, 3.05) is 19.1 Å². The normalized spacial score (nSPS) is 15.0. The quantitative estimate of drug-likeness (QED) is 0.569. The minimum Gasteiger partial charge on any atom is -0.465 e. The van der Waals surface area contributed by atoms with Gasteiger partial charge in [0.25, 0.3) is 5.91 Å². The van der Waals surface area contributed by atoms with Crippen LogP contribution in [0.4, 0.5) is 5.69 Å². The van der Waals surface area contributed by atoms with Crippen LogP contribution in [0.15, 0.2) is 59.3 Å². The molecule has 6 heteroatoms. The topological polar surface area (TPSA) is 72.9 Å². The monoisotopic (exact) mass is 405 g/mol. The maximum Gasteiger partial charge on any atom is 0.340 e. The Morgan fingerprint density at radius 3 is 1.97 bits per heavy atom. The number of rotatable bonds is 4. The lowest BCUT2D eigenvalue weighted by atomic mass is 10.0. The molecule has 1 aliphatic rings. The molecule has 0 radical (unpaired) electrons. The molecule has 2 aromatic carbocycles. The Morgan fingerprint density at radius 2 is 1.43 bits per heavy atom. The van der Waals surface area contributed by atoms with Crippen LogP contribution in [0.1, 0.15) is 34.0 Å². The summed E-state index contributed by atoms with van der Waals surface area (Å²) in [5.74, 6) is -1.33. The number of ether oxygens (including phenoxy) is 2. The van der Waals surface area contributed by atoms with E-state index in [2.05, 4.69) is 0 Å². The number of benzene rings is 2. The molecule has 1 heterocycles. The number of amides is 1. The number of hydrogen-bond acceptors (Lipinski definition) is 5. The number of aryl methyl sites for hydroxylation is 2. The lowest BCUT2D eigenvalue weighted by Crippen LogP contribution is -2.24. The van der Waals surface area contributed by atoms with Gasteiger partial charge in [0.05, 0.1) is 30.9 Å². The number of esters is 2. The summed E-state index contributed by atoms with van der Waals surface area (Å²) in [6.45, 7) is 5.64. The van der Waals surface area contributed by atoms with Gasteiger partial charge >= 0.3 is 11.9 Å². The van der Waals surface area contributed by atoms with E-state index >= 15 is 0 Å². The summed E-state index contributed by atoms with van der Waals surface area (Å²) in [5.41, 5.74) is 4.76. The van der Waals surface area contributed by atoms with Crippen molar-refractivity contribution in [2.45, 2.75) is 20.8 Å². The minimum atomic E-state index is -0.579. The van der Waals surface area contributed by atoms with Crippen LogP contribution in [0.2, 0.25) is 0 Å². The number of anilines is 1. The molecule has 0 saturated heterocycles. The Hall–Kier alpha value is -3.67. The fraction of sp³-hybridized carbons (Fsp3) is 0.208. The van der Waals surface area contributed by atoms with Crippen LogP contribution in [-0.2, 0) is 19.1 Å². The molecule has 6 nitrogen and oxygen atoms in total. The standard InChI is InChI=1S/C24H23NO5/c1-14-10-15(2)12-19(11-14)25-16(3)21(24(28)30-5)20(22(25)26)13-17-6-8-18(9-7-17)23(27)29-4/h6-13H,1-5H3/b20-13-. The number of allylic oxidation sites excluding steroid dienone is 1. The third kappa shape index (κ3) is 3.89. The first-order valence-corrected chi connectivity index (χ1v) is 9.39. The maximum absolute atomic E-state index is 13.3. The van der Waals surface area contributed by atoms with Gasteiger partial charge in [-0.3, -0.25) is 9.69 Å². The molecule has 0 atom stereocenters. The Morgan fingerprint density at radius 1 is 0.867 bits per heavy atom. The molecule has 154 valence electrons. The molecule has 0 bridgehead atoms. The summed E-state index contributed by atoms with van der Waals surface area (Å²) in [7, 11) is 2.60. The first-order chi connectivity index (χ1) is 14.3. The highest BCUT2D eigenvalue weighted by Gasteiger charge is 2.38. The lowest BCUT2D eigenvalue weighted by molar-refractivity contribution is -0.136. The number of methoxy groups -OCH3 is 2. The van der Waals surface area contributed by atoms with Crippen LogP contribution in [0, 0.1) is 13.8 Å². The highest BCUT2D eigenvalue weighted by molar-refractivity contribution is 6.23. The van der Waals surface area contributed by atoms with Gasteiger partial charge in [-0.15, -0.1) is 0 Å². The summed E-state index contributed by atoms with van der Waals surface area (Å²) >= 11 is 0. The van der Waals surface area contributed by atoms with E-state index in [1.54, 1.807) is 37.3 Å². The highest BCUT2D eigenvalue weighted by atomic mass is 16.5. The van der Waals surface area contributed by atoms with Crippen molar-refractivity contribution in [2.24, 2.45) is 0 Å². The van der Waals surface area contributed by atoms with Gasteiger partial charge in [0.15, 0.2) is 0 Å². The smallest absolute Gasteiger partial charge is 0.340 e. The van der Waals surface area contributed by atoms with Crippen molar-refractivity contribution in [3.8, 4) is 0 Å². The fourth-order valence-corrected chi connectivity index (χ4v) is 3.57. The van der Waals surface area contributed by atoms with Crippen molar-refractivity contribution >= 4 is 29.6 Å². The fourth-order valence-electron chi connectivity index (χ4n) is 3.57. The zero-order chi connectivity index (χ0) is 22.0. The lowest BCUT2D eigenvalue weighted by Gasteiger charge is -2.19. The van der Waals surface area contributed by atoms with Crippen molar-refractivity contribution in [3.05, 3.63) is 81.6 Å². The van der Waals surface area contributed by atoms with Gasteiger partial charge in [0.2, 0.25) is 0 Å². The third-order valence-corrected chi connectivity index (χ3v) is 4.90. The molecule has 0 saturated carbocycles. The number of hydrogen-bond donors (Lipinski definition) is 0. The molecule has 0 unspecified atom stereocenters. The molecule has 3 rings (SSSR count). The molecule has 0 aromatic heterocycles. The van der Waals surface area contributed by atoms with Crippen LogP contribution in [0.25, 0.3) is 6.08 Å². The molecule has 0 aliphatic carbocycles. The number of carbonyl (C=O) groups is 3. The molecule has 0 fully saturated rings. The summed E-state index contributed by atoms with van der Waals surface area (Å²) in [6.07, 6.45) is 1.63. The second-order valence-electron chi connectivity index (χ2n) is 7.11. The van der Waals surface area contributed by atoms with Gasteiger partial charge < -0.3 is 9.47 Å². The molecule has 1 amide bonds. The van der Waals surface area contributed by atoms with Gasteiger partial charge in [-0.2, -0.15) is 0 Å². The van der Waals surface area contributed by atoms with Gasteiger partial charge in [0, 0.05) is 11.4 Å². The van der Waals surface area contributed by atoms with Crippen LogP contribution in [-0.4, -0.2) is 32.1 Å². The van der Waals surface area contributed by atoms with E-state index in [9.17, 15) is 14.4 Å². The van der Waals surface area contributed by atoms with E-state index in [0.717, 1.165) is 11.1 Å².